The number of hydrogen-bond acceptors (Lipinski definition) is 5. The van der Waals surface area contributed by atoms with Crippen molar-refractivity contribution in [1.82, 2.24) is 0 Å². The highest BCUT2D eigenvalue weighted by Crippen LogP contribution is 2.36. The minimum Gasteiger partial charge on any atom is -0.492 e. The molecule has 1 aromatic rings. The largest absolute Gasteiger partial charge is 0.492 e. The van der Waals surface area contributed by atoms with Crippen molar-refractivity contribution < 1.29 is 23.8 Å². The average molecular weight is 457 g/mol. The standard InChI is InChI=1S/C13H14BrIO5/c1-4-18-12-10(5-9(14)6-11(12)15)13(19-7(2)16)20-8(3)17/h5-6,13H,4H2,1-3H3. The molecule has 110 valence electrons. The number of hydrogen-bond donors (Lipinski definition) is 0. The quantitative estimate of drug-likeness (QED) is 0.385. The normalized spacial score (nSPS) is 10.3. The molecule has 0 amide bonds. The van der Waals surface area contributed by atoms with Crippen molar-refractivity contribution in [3.8, 4) is 5.75 Å². The van der Waals surface area contributed by atoms with Crippen LogP contribution in [0.1, 0.15) is 32.6 Å². The Balaban J connectivity index is 3.28. The van der Waals surface area contributed by atoms with Gasteiger partial charge in [-0.3, -0.25) is 9.59 Å². The van der Waals surface area contributed by atoms with Crippen molar-refractivity contribution in [3.05, 3.63) is 25.7 Å². The van der Waals surface area contributed by atoms with Gasteiger partial charge in [-0.15, -0.1) is 0 Å². The summed E-state index contributed by atoms with van der Waals surface area (Å²) in [4.78, 5) is 22.4. The Morgan fingerprint density at radius 1 is 1.25 bits per heavy atom. The van der Waals surface area contributed by atoms with Crippen LogP contribution in [0.15, 0.2) is 16.6 Å². The van der Waals surface area contributed by atoms with Gasteiger partial charge in [-0.2, -0.15) is 0 Å². The summed E-state index contributed by atoms with van der Waals surface area (Å²) in [6.07, 6.45) is -1.13. The molecule has 0 aromatic heterocycles. The molecule has 0 saturated carbocycles. The minimum atomic E-state index is -1.13. The minimum absolute atomic E-state index is 0.442. The van der Waals surface area contributed by atoms with Crippen LogP contribution in [0.2, 0.25) is 0 Å². The van der Waals surface area contributed by atoms with Gasteiger partial charge in [-0.1, -0.05) is 15.9 Å². The van der Waals surface area contributed by atoms with Crippen LogP contribution in [0.5, 0.6) is 5.75 Å². The van der Waals surface area contributed by atoms with Gasteiger partial charge in [0, 0.05) is 18.3 Å². The van der Waals surface area contributed by atoms with E-state index in [1.165, 1.54) is 13.8 Å². The van der Waals surface area contributed by atoms with Gasteiger partial charge in [0.25, 0.3) is 6.29 Å². The van der Waals surface area contributed by atoms with E-state index in [2.05, 4.69) is 38.5 Å². The van der Waals surface area contributed by atoms with Crippen LogP contribution in [0, 0.1) is 3.57 Å². The van der Waals surface area contributed by atoms with Gasteiger partial charge < -0.3 is 14.2 Å². The van der Waals surface area contributed by atoms with Crippen LogP contribution in [-0.4, -0.2) is 18.5 Å². The lowest BCUT2D eigenvalue weighted by Crippen LogP contribution is -2.16. The molecule has 0 heterocycles. The maximum atomic E-state index is 11.2. The van der Waals surface area contributed by atoms with Crippen LogP contribution in [0.4, 0.5) is 0 Å². The highest BCUT2D eigenvalue weighted by Gasteiger charge is 2.24. The summed E-state index contributed by atoms with van der Waals surface area (Å²) in [7, 11) is 0. The first-order valence-electron chi connectivity index (χ1n) is 5.81. The molecule has 0 N–H and O–H groups in total. The highest BCUT2D eigenvalue weighted by molar-refractivity contribution is 14.1. The van der Waals surface area contributed by atoms with Crippen LogP contribution in [-0.2, 0) is 19.1 Å². The summed E-state index contributed by atoms with van der Waals surface area (Å²) < 4.78 is 17.3. The summed E-state index contributed by atoms with van der Waals surface area (Å²) in [6, 6.07) is 3.55. The van der Waals surface area contributed by atoms with Crippen LogP contribution in [0.25, 0.3) is 0 Å². The fourth-order valence-corrected chi connectivity index (χ4v) is 3.21. The third kappa shape index (κ3) is 4.93. The molecule has 7 heteroatoms. The maximum absolute atomic E-state index is 11.2. The summed E-state index contributed by atoms with van der Waals surface area (Å²) in [5.41, 5.74) is 0.482. The molecular formula is C13H14BrIO5. The highest BCUT2D eigenvalue weighted by atomic mass is 127. The number of carbonyl (C=O) groups excluding carboxylic acids is 2. The van der Waals surface area contributed by atoms with E-state index in [1.54, 1.807) is 6.07 Å². The summed E-state index contributed by atoms with van der Waals surface area (Å²) in [5, 5.41) is 0. The average Bonchev–Trinajstić information content (AvgIpc) is 2.30. The molecule has 0 aliphatic rings. The van der Waals surface area contributed by atoms with E-state index >= 15 is 0 Å². The van der Waals surface area contributed by atoms with Gasteiger partial charge in [0.05, 0.1) is 15.7 Å². The first-order chi connectivity index (χ1) is 9.35. The van der Waals surface area contributed by atoms with E-state index in [0.717, 1.165) is 8.04 Å². The lowest BCUT2D eigenvalue weighted by Gasteiger charge is -2.21. The molecule has 1 aromatic carbocycles. The van der Waals surface area contributed by atoms with E-state index in [9.17, 15) is 9.59 Å². The predicted octanol–water partition coefficient (Wildman–Crippen LogP) is 3.58. The van der Waals surface area contributed by atoms with Crippen molar-refractivity contribution in [3.63, 3.8) is 0 Å². The van der Waals surface area contributed by atoms with Crippen molar-refractivity contribution in [2.45, 2.75) is 27.1 Å². The topological polar surface area (TPSA) is 61.8 Å². The number of rotatable bonds is 5. The first-order valence-corrected chi connectivity index (χ1v) is 7.68. The molecule has 0 unspecified atom stereocenters. The summed E-state index contributed by atoms with van der Waals surface area (Å²) >= 11 is 5.46. The third-order valence-electron chi connectivity index (χ3n) is 2.13. The van der Waals surface area contributed by atoms with Gasteiger partial charge in [0.2, 0.25) is 0 Å². The second-order valence-corrected chi connectivity index (χ2v) is 5.87. The molecule has 20 heavy (non-hydrogen) atoms. The third-order valence-corrected chi connectivity index (χ3v) is 3.38. The second-order valence-electron chi connectivity index (χ2n) is 3.79. The predicted molar refractivity (Wildman–Crippen MR) is 84.3 cm³/mol. The Kier molecular flexibility index (Phi) is 6.74. The van der Waals surface area contributed by atoms with Crippen molar-refractivity contribution in [2.24, 2.45) is 0 Å². The van der Waals surface area contributed by atoms with E-state index in [0.29, 0.717) is 17.9 Å². The molecule has 0 radical (unpaired) electrons. The van der Waals surface area contributed by atoms with Gasteiger partial charge in [0.15, 0.2) is 0 Å². The van der Waals surface area contributed by atoms with Crippen LogP contribution >= 0.6 is 38.5 Å². The van der Waals surface area contributed by atoms with Crippen LogP contribution in [0.3, 0.4) is 0 Å². The molecule has 0 fully saturated rings. The lowest BCUT2D eigenvalue weighted by atomic mass is 10.2. The Labute approximate surface area is 139 Å². The summed E-state index contributed by atoms with van der Waals surface area (Å²) in [6.45, 7) is 4.78. The fraction of sp³-hybridized carbons (Fsp3) is 0.385. The van der Waals surface area contributed by atoms with Crippen LogP contribution < -0.4 is 4.74 Å². The molecule has 1 rings (SSSR count). The zero-order valence-electron chi connectivity index (χ0n) is 11.2. The van der Waals surface area contributed by atoms with Gasteiger partial charge in [-0.25, -0.2) is 0 Å². The number of carbonyl (C=O) groups is 2. The molecule has 0 bridgehead atoms. The van der Waals surface area contributed by atoms with E-state index < -0.39 is 18.2 Å². The number of ether oxygens (including phenoxy) is 3. The Hall–Kier alpha value is -0.830. The van der Waals surface area contributed by atoms with Crippen molar-refractivity contribution in [2.75, 3.05) is 6.61 Å². The molecular weight excluding hydrogens is 443 g/mol. The zero-order valence-corrected chi connectivity index (χ0v) is 15.0. The molecule has 0 aliphatic heterocycles. The molecule has 0 aliphatic carbocycles. The molecule has 0 spiro atoms. The number of benzene rings is 1. The lowest BCUT2D eigenvalue weighted by molar-refractivity contribution is -0.186. The van der Waals surface area contributed by atoms with Crippen molar-refractivity contribution in [1.29, 1.82) is 0 Å². The number of esters is 2. The Morgan fingerprint density at radius 2 is 1.80 bits per heavy atom. The SMILES string of the molecule is CCOc1c(I)cc(Br)cc1C(OC(C)=O)OC(C)=O. The molecule has 5 nitrogen and oxygen atoms in total. The van der Waals surface area contributed by atoms with E-state index in [4.69, 9.17) is 14.2 Å². The maximum Gasteiger partial charge on any atom is 0.305 e. The van der Waals surface area contributed by atoms with E-state index in [-0.39, 0.29) is 0 Å². The van der Waals surface area contributed by atoms with Gasteiger partial charge in [0.1, 0.15) is 5.75 Å². The Morgan fingerprint density at radius 3 is 2.25 bits per heavy atom. The van der Waals surface area contributed by atoms with E-state index in [1.807, 2.05) is 13.0 Å². The summed E-state index contributed by atoms with van der Waals surface area (Å²) in [5.74, 6) is -0.564. The van der Waals surface area contributed by atoms with Gasteiger partial charge in [-0.05, 0) is 41.6 Å². The van der Waals surface area contributed by atoms with Gasteiger partial charge >= 0.3 is 11.9 Å². The molecule has 0 saturated heterocycles. The first kappa shape index (κ1) is 17.2. The Bertz CT molecular complexity index is 502. The van der Waals surface area contributed by atoms with Crippen molar-refractivity contribution >= 4 is 50.5 Å². The fourth-order valence-electron chi connectivity index (χ4n) is 1.50. The second kappa shape index (κ2) is 7.82. The smallest absolute Gasteiger partial charge is 0.305 e. The zero-order chi connectivity index (χ0) is 15.3. The monoisotopic (exact) mass is 456 g/mol. The number of halogens is 2. The molecule has 0 atom stereocenters.